The smallest absolute Gasteiger partial charge is 0.272 e. The zero-order chi connectivity index (χ0) is 12.8. The van der Waals surface area contributed by atoms with E-state index in [9.17, 15) is 10.1 Å². The van der Waals surface area contributed by atoms with Crippen LogP contribution < -0.4 is 5.32 Å². The second kappa shape index (κ2) is 6.03. The third-order valence-electron chi connectivity index (χ3n) is 2.61. The van der Waals surface area contributed by atoms with E-state index in [1.807, 2.05) is 12.1 Å². The Morgan fingerprint density at radius 3 is 2.82 bits per heavy atom. The molecule has 0 aliphatic heterocycles. The van der Waals surface area contributed by atoms with Crippen molar-refractivity contribution in [2.24, 2.45) is 0 Å². The van der Waals surface area contributed by atoms with Crippen molar-refractivity contribution < 1.29 is 4.92 Å². The molecule has 0 spiro atoms. The van der Waals surface area contributed by atoms with Crippen LogP contribution in [0, 0.1) is 17.0 Å². The van der Waals surface area contributed by atoms with E-state index >= 15 is 0 Å². The molecule has 1 aromatic carbocycles. The summed E-state index contributed by atoms with van der Waals surface area (Å²) in [5.41, 5.74) is 1.76. The van der Waals surface area contributed by atoms with Gasteiger partial charge in [0, 0.05) is 23.4 Å². The van der Waals surface area contributed by atoms with Crippen molar-refractivity contribution in [2.75, 3.05) is 5.32 Å². The number of hydrogen-bond acceptors (Lipinski definition) is 3. The lowest BCUT2D eigenvalue weighted by atomic mass is 10.1. The predicted octanol–water partition coefficient (Wildman–Crippen LogP) is 3.67. The summed E-state index contributed by atoms with van der Waals surface area (Å²) in [6, 6.07) is 5.42. The lowest BCUT2D eigenvalue weighted by Crippen LogP contribution is -2.14. The summed E-state index contributed by atoms with van der Waals surface area (Å²) in [6.07, 6.45) is 3.85. The van der Waals surface area contributed by atoms with Crippen LogP contribution in [0.4, 0.5) is 11.4 Å². The molecular weight excluding hydrogens is 216 g/mol. The van der Waals surface area contributed by atoms with Gasteiger partial charge in [-0.3, -0.25) is 10.1 Å². The molecule has 0 saturated carbocycles. The molecule has 4 heteroatoms. The second-order valence-electron chi connectivity index (χ2n) is 4.17. The molecule has 1 atom stereocenters. The van der Waals surface area contributed by atoms with Crippen LogP contribution in [0.3, 0.4) is 0 Å². The number of nitro benzene ring substituents is 1. The lowest BCUT2D eigenvalue weighted by Gasteiger charge is -2.14. The number of anilines is 1. The maximum absolute atomic E-state index is 10.7. The first-order valence-electron chi connectivity index (χ1n) is 5.67. The minimum absolute atomic E-state index is 0.161. The predicted molar refractivity (Wildman–Crippen MR) is 70.3 cm³/mol. The van der Waals surface area contributed by atoms with Gasteiger partial charge in [-0.1, -0.05) is 6.08 Å². The van der Waals surface area contributed by atoms with Gasteiger partial charge in [-0.2, -0.15) is 0 Å². The minimum atomic E-state index is -0.361. The number of allylic oxidation sites excluding steroid dienone is 1. The SMILES string of the molecule is C=CCCC(C)Nc1ccc([N+](=O)[O-])c(C)c1. The van der Waals surface area contributed by atoms with Crippen LogP contribution in [0.25, 0.3) is 0 Å². The number of rotatable bonds is 6. The average molecular weight is 234 g/mol. The second-order valence-corrected chi connectivity index (χ2v) is 4.17. The molecule has 0 amide bonds. The maximum atomic E-state index is 10.7. The minimum Gasteiger partial charge on any atom is -0.383 e. The molecule has 0 aromatic heterocycles. The van der Waals surface area contributed by atoms with Gasteiger partial charge in [0.05, 0.1) is 4.92 Å². The van der Waals surface area contributed by atoms with Crippen LogP contribution >= 0.6 is 0 Å². The summed E-state index contributed by atoms with van der Waals surface area (Å²) in [7, 11) is 0. The zero-order valence-corrected chi connectivity index (χ0v) is 10.3. The molecule has 1 unspecified atom stereocenters. The van der Waals surface area contributed by atoms with Gasteiger partial charge in [0.15, 0.2) is 0 Å². The Bertz CT molecular complexity index is 416. The number of benzene rings is 1. The number of nitro groups is 1. The van der Waals surface area contributed by atoms with Crippen LogP contribution in [0.5, 0.6) is 0 Å². The van der Waals surface area contributed by atoms with E-state index in [-0.39, 0.29) is 10.6 Å². The summed E-state index contributed by atoms with van der Waals surface area (Å²) >= 11 is 0. The number of nitrogens with one attached hydrogen (secondary N) is 1. The van der Waals surface area contributed by atoms with Crippen LogP contribution in [0.1, 0.15) is 25.3 Å². The van der Waals surface area contributed by atoms with Crippen LogP contribution in [-0.4, -0.2) is 11.0 Å². The fourth-order valence-electron chi connectivity index (χ4n) is 1.67. The number of hydrogen-bond donors (Lipinski definition) is 1. The molecule has 0 aliphatic rings. The van der Waals surface area contributed by atoms with Crippen molar-refractivity contribution >= 4 is 11.4 Å². The largest absolute Gasteiger partial charge is 0.383 e. The van der Waals surface area contributed by atoms with Gasteiger partial charge < -0.3 is 5.32 Å². The monoisotopic (exact) mass is 234 g/mol. The fraction of sp³-hybridized carbons (Fsp3) is 0.385. The van der Waals surface area contributed by atoms with E-state index in [4.69, 9.17) is 0 Å². The van der Waals surface area contributed by atoms with E-state index in [2.05, 4.69) is 18.8 Å². The summed E-state index contributed by atoms with van der Waals surface area (Å²) in [6.45, 7) is 7.51. The molecule has 0 fully saturated rings. The molecular formula is C13H18N2O2. The third-order valence-corrected chi connectivity index (χ3v) is 2.61. The van der Waals surface area contributed by atoms with Gasteiger partial charge in [-0.05, 0) is 38.8 Å². The quantitative estimate of drug-likeness (QED) is 0.464. The van der Waals surface area contributed by atoms with Crippen LogP contribution in [0.2, 0.25) is 0 Å². The zero-order valence-electron chi connectivity index (χ0n) is 10.3. The van der Waals surface area contributed by atoms with Crippen molar-refractivity contribution in [1.29, 1.82) is 0 Å². The molecule has 0 aliphatic carbocycles. The Hall–Kier alpha value is -1.84. The van der Waals surface area contributed by atoms with Gasteiger partial charge >= 0.3 is 0 Å². The molecule has 1 aromatic rings. The van der Waals surface area contributed by atoms with Gasteiger partial charge in [0.25, 0.3) is 5.69 Å². The Balaban J connectivity index is 2.70. The Kier molecular flexibility index (Phi) is 4.69. The molecule has 1 N–H and O–H groups in total. The van der Waals surface area contributed by atoms with Gasteiger partial charge in [-0.15, -0.1) is 6.58 Å². The number of nitrogens with zero attached hydrogens (tertiary/aromatic N) is 1. The highest BCUT2D eigenvalue weighted by Crippen LogP contribution is 2.22. The highest BCUT2D eigenvalue weighted by Gasteiger charge is 2.10. The molecule has 1 rings (SSSR count). The van der Waals surface area contributed by atoms with Gasteiger partial charge in [0.2, 0.25) is 0 Å². The van der Waals surface area contributed by atoms with Crippen molar-refractivity contribution in [3.05, 3.63) is 46.5 Å². The first kappa shape index (κ1) is 13.2. The Labute approximate surface area is 101 Å². The number of aryl methyl sites for hydroxylation is 1. The normalized spacial score (nSPS) is 11.9. The van der Waals surface area contributed by atoms with E-state index in [1.165, 1.54) is 6.07 Å². The summed E-state index contributed by atoms with van der Waals surface area (Å²) in [4.78, 5) is 10.3. The van der Waals surface area contributed by atoms with E-state index in [0.717, 1.165) is 18.5 Å². The molecule has 0 heterocycles. The van der Waals surface area contributed by atoms with Crippen LogP contribution in [-0.2, 0) is 0 Å². The topological polar surface area (TPSA) is 55.2 Å². The van der Waals surface area contributed by atoms with Gasteiger partial charge in [-0.25, -0.2) is 0 Å². The Morgan fingerprint density at radius 2 is 2.29 bits per heavy atom. The maximum Gasteiger partial charge on any atom is 0.272 e. The first-order valence-corrected chi connectivity index (χ1v) is 5.67. The average Bonchev–Trinajstić information content (AvgIpc) is 2.26. The lowest BCUT2D eigenvalue weighted by molar-refractivity contribution is -0.385. The van der Waals surface area contributed by atoms with Crippen molar-refractivity contribution in [1.82, 2.24) is 0 Å². The van der Waals surface area contributed by atoms with Crippen LogP contribution in [0.15, 0.2) is 30.9 Å². The molecule has 0 radical (unpaired) electrons. The molecule has 0 bridgehead atoms. The van der Waals surface area contributed by atoms with E-state index < -0.39 is 0 Å². The molecule has 92 valence electrons. The third kappa shape index (κ3) is 3.90. The molecule has 0 saturated heterocycles. The van der Waals surface area contributed by atoms with Gasteiger partial charge in [0.1, 0.15) is 0 Å². The summed E-state index contributed by atoms with van der Waals surface area (Å²) in [5.74, 6) is 0. The molecule has 17 heavy (non-hydrogen) atoms. The fourth-order valence-corrected chi connectivity index (χ4v) is 1.67. The Morgan fingerprint density at radius 1 is 1.59 bits per heavy atom. The van der Waals surface area contributed by atoms with E-state index in [1.54, 1.807) is 13.0 Å². The first-order chi connectivity index (χ1) is 8.04. The van der Waals surface area contributed by atoms with Crippen molar-refractivity contribution in [2.45, 2.75) is 32.7 Å². The summed E-state index contributed by atoms with van der Waals surface area (Å²) in [5, 5.41) is 14.0. The highest BCUT2D eigenvalue weighted by molar-refractivity contribution is 5.53. The molecule has 4 nitrogen and oxygen atoms in total. The standard InChI is InChI=1S/C13H18N2O2/c1-4-5-6-11(3)14-12-7-8-13(15(16)17)10(2)9-12/h4,7-9,11,14H,1,5-6H2,2-3H3. The van der Waals surface area contributed by atoms with Crippen molar-refractivity contribution in [3.8, 4) is 0 Å². The summed E-state index contributed by atoms with van der Waals surface area (Å²) < 4.78 is 0. The highest BCUT2D eigenvalue weighted by atomic mass is 16.6. The van der Waals surface area contributed by atoms with Crippen molar-refractivity contribution in [3.63, 3.8) is 0 Å². The van der Waals surface area contributed by atoms with E-state index in [0.29, 0.717) is 11.6 Å².